The molecule has 3 heterocycles. The lowest BCUT2D eigenvalue weighted by molar-refractivity contribution is 0.0949. The molecule has 0 spiro atoms. The lowest BCUT2D eigenvalue weighted by atomic mass is 9.64. The van der Waals surface area contributed by atoms with Crippen LogP contribution in [0.2, 0.25) is 0 Å². The zero-order valence-electron chi connectivity index (χ0n) is 18.9. The van der Waals surface area contributed by atoms with E-state index in [9.17, 15) is 0 Å². The first kappa shape index (κ1) is 20.9. The van der Waals surface area contributed by atoms with Gasteiger partial charge in [-0.15, -0.1) is 10.2 Å². The number of hydrogen-bond donors (Lipinski definition) is 1. The molecular formula is C22H30N8O2. The summed E-state index contributed by atoms with van der Waals surface area (Å²) in [5.74, 6) is 2.79. The highest BCUT2D eigenvalue weighted by Gasteiger charge is 2.38. The number of rotatable bonds is 8. The molecule has 1 aliphatic carbocycles. The number of fused-ring (bicyclic) bond motifs is 1. The molecule has 0 radical (unpaired) electrons. The van der Waals surface area contributed by atoms with E-state index in [1.54, 1.807) is 15.6 Å². The van der Waals surface area contributed by atoms with Gasteiger partial charge in [-0.2, -0.15) is 4.68 Å². The van der Waals surface area contributed by atoms with E-state index in [4.69, 9.17) is 9.47 Å². The first-order chi connectivity index (χ1) is 15.5. The van der Waals surface area contributed by atoms with Crippen LogP contribution >= 0.6 is 0 Å². The Kier molecular flexibility index (Phi) is 5.54. The summed E-state index contributed by atoms with van der Waals surface area (Å²) in [5.41, 5.74) is 2.06. The molecule has 5 rings (SSSR count). The molecule has 10 nitrogen and oxygen atoms in total. The van der Waals surface area contributed by atoms with Gasteiger partial charge < -0.3 is 14.8 Å². The Hall–Kier alpha value is -3.01. The maximum Gasteiger partial charge on any atom is 0.179 e. The van der Waals surface area contributed by atoms with Crippen LogP contribution in [0.1, 0.15) is 57.1 Å². The van der Waals surface area contributed by atoms with Gasteiger partial charge in [0.2, 0.25) is 0 Å². The second-order valence-electron chi connectivity index (χ2n) is 9.32. The van der Waals surface area contributed by atoms with Crippen molar-refractivity contribution in [3.8, 4) is 17.2 Å². The number of hydrogen-bond acceptors (Lipinski definition) is 8. The maximum atomic E-state index is 5.76. The number of nitrogens with one attached hydrogen (secondary N) is 1. The highest BCUT2D eigenvalue weighted by molar-refractivity contribution is 5.49. The van der Waals surface area contributed by atoms with Gasteiger partial charge in [-0.1, -0.05) is 25.5 Å². The fraction of sp³-hybridized carbons (Fsp3) is 0.591. The van der Waals surface area contributed by atoms with Crippen LogP contribution in [0.3, 0.4) is 0 Å². The van der Waals surface area contributed by atoms with Gasteiger partial charge in [0.1, 0.15) is 19.3 Å². The van der Waals surface area contributed by atoms with Crippen LogP contribution in [-0.2, 0) is 7.05 Å². The van der Waals surface area contributed by atoms with Crippen molar-refractivity contribution in [1.82, 2.24) is 40.5 Å². The average molecular weight is 439 g/mol. The minimum atomic E-state index is -0.247. The molecule has 1 saturated carbocycles. The van der Waals surface area contributed by atoms with E-state index in [0.717, 1.165) is 23.7 Å². The Balaban J connectivity index is 1.47. The number of benzene rings is 1. The molecule has 1 aliphatic heterocycles. The van der Waals surface area contributed by atoms with Gasteiger partial charge in [-0.3, -0.25) is 4.68 Å². The van der Waals surface area contributed by atoms with Crippen molar-refractivity contribution >= 4 is 0 Å². The largest absolute Gasteiger partial charge is 0.486 e. The SMILES string of the molecule is CC(C)CC1(CNC(c2cnnn2C)c2nnnn2-c2ccc3c(c2)OCCO3)CCC1. The quantitative estimate of drug-likeness (QED) is 0.572. The molecule has 170 valence electrons. The molecule has 32 heavy (non-hydrogen) atoms. The van der Waals surface area contributed by atoms with Gasteiger partial charge in [-0.25, -0.2) is 0 Å². The van der Waals surface area contributed by atoms with Crippen molar-refractivity contribution in [3.05, 3.63) is 35.9 Å². The third kappa shape index (κ3) is 3.94. The van der Waals surface area contributed by atoms with Crippen molar-refractivity contribution in [3.63, 3.8) is 0 Å². The van der Waals surface area contributed by atoms with Crippen LogP contribution in [0.25, 0.3) is 5.69 Å². The fourth-order valence-corrected chi connectivity index (χ4v) is 4.92. The summed E-state index contributed by atoms with van der Waals surface area (Å²) < 4.78 is 14.9. The Morgan fingerprint density at radius 3 is 2.62 bits per heavy atom. The Morgan fingerprint density at radius 1 is 1.12 bits per heavy atom. The third-order valence-electron chi connectivity index (χ3n) is 6.50. The van der Waals surface area contributed by atoms with E-state index < -0.39 is 0 Å². The molecule has 1 fully saturated rings. The molecule has 2 aromatic heterocycles. The van der Waals surface area contributed by atoms with Crippen LogP contribution in [0.5, 0.6) is 11.5 Å². The minimum Gasteiger partial charge on any atom is -0.486 e. The molecule has 1 atom stereocenters. The van der Waals surface area contributed by atoms with E-state index in [0.29, 0.717) is 36.1 Å². The van der Waals surface area contributed by atoms with Crippen LogP contribution in [0.15, 0.2) is 24.4 Å². The van der Waals surface area contributed by atoms with Crippen molar-refractivity contribution in [1.29, 1.82) is 0 Å². The standard InChI is InChI=1S/C22H30N8O2/c1-15(2)12-22(7-4-8-22)14-23-20(17-13-24-27-29(17)3)21-25-26-28-30(21)16-5-6-18-19(11-16)32-10-9-31-18/h5-6,11,13,15,20,23H,4,7-10,12,14H2,1-3H3. The molecule has 1 N–H and O–H groups in total. The molecule has 0 amide bonds. The summed E-state index contributed by atoms with van der Waals surface area (Å²) in [7, 11) is 1.89. The zero-order valence-corrected chi connectivity index (χ0v) is 18.9. The monoisotopic (exact) mass is 438 g/mol. The smallest absolute Gasteiger partial charge is 0.179 e. The summed E-state index contributed by atoms with van der Waals surface area (Å²) in [5, 5.41) is 24.7. The predicted octanol–water partition coefficient (Wildman–Crippen LogP) is 2.46. The fourth-order valence-electron chi connectivity index (χ4n) is 4.92. The molecular weight excluding hydrogens is 408 g/mol. The van der Waals surface area contributed by atoms with E-state index >= 15 is 0 Å². The van der Waals surface area contributed by atoms with Crippen LogP contribution in [0, 0.1) is 11.3 Å². The van der Waals surface area contributed by atoms with Gasteiger partial charge in [0.15, 0.2) is 17.3 Å². The molecule has 0 bridgehead atoms. The van der Waals surface area contributed by atoms with Crippen LogP contribution < -0.4 is 14.8 Å². The van der Waals surface area contributed by atoms with E-state index in [-0.39, 0.29) is 6.04 Å². The lowest BCUT2D eigenvalue weighted by Gasteiger charge is -2.44. The predicted molar refractivity (Wildman–Crippen MR) is 117 cm³/mol. The Bertz CT molecular complexity index is 1070. The van der Waals surface area contributed by atoms with Gasteiger partial charge in [-0.05, 0) is 53.2 Å². The summed E-state index contributed by atoms with van der Waals surface area (Å²) in [4.78, 5) is 0. The number of aryl methyl sites for hydroxylation is 1. The zero-order chi connectivity index (χ0) is 22.1. The highest BCUT2D eigenvalue weighted by atomic mass is 16.6. The number of aromatic nitrogens is 7. The number of tetrazole rings is 1. The van der Waals surface area contributed by atoms with E-state index in [2.05, 4.69) is 45.0 Å². The number of nitrogens with zero attached hydrogens (tertiary/aromatic N) is 7. The van der Waals surface area contributed by atoms with Gasteiger partial charge in [0, 0.05) is 19.7 Å². The van der Waals surface area contributed by atoms with Crippen LogP contribution in [-0.4, -0.2) is 55.0 Å². The van der Waals surface area contributed by atoms with Crippen molar-refractivity contribution in [2.75, 3.05) is 19.8 Å². The molecule has 10 heteroatoms. The summed E-state index contributed by atoms with van der Waals surface area (Å²) in [6.45, 7) is 6.58. The van der Waals surface area contributed by atoms with E-state index in [1.165, 1.54) is 25.7 Å². The third-order valence-corrected chi connectivity index (χ3v) is 6.50. The van der Waals surface area contributed by atoms with E-state index in [1.807, 2.05) is 25.2 Å². The first-order valence-electron chi connectivity index (χ1n) is 11.3. The van der Waals surface area contributed by atoms with Gasteiger partial charge >= 0.3 is 0 Å². The van der Waals surface area contributed by atoms with Gasteiger partial charge in [0.05, 0.1) is 17.6 Å². The Labute approximate surface area is 187 Å². The van der Waals surface area contributed by atoms with Crippen LogP contribution in [0.4, 0.5) is 0 Å². The molecule has 0 saturated heterocycles. The number of ether oxygens (including phenoxy) is 2. The molecule has 3 aromatic rings. The summed E-state index contributed by atoms with van der Waals surface area (Å²) >= 11 is 0. The first-order valence-corrected chi connectivity index (χ1v) is 11.3. The molecule has 1 aromatic carbocycles. The topological polar surface area (TPSA) is 105 Å². The second kappa shape index (κ2) is 8.50. The van der Waals surface area contributed by atoms with Crippen molar-refractivity contribution in [2.24, 2.45) is 18.4 Å². The Morgan fingerprint density at radius 2 is 1.94 bits per heavy atom. The van der Waals surface area contributed by atoms with Crippen molar-refractivity contribution < 1.29 is 9.47 Å². The lowest BCUT2D eigenvalue weighted by Crippen LogP contribution is -2.43. The second-order valence-corrected chi connectivity index (χ2v) is 9.32. The maximum absolute atomic E-state index is 5.76. The van der Waals surface area contributed by atoms with Gasteiger partial charge in [0.25, 0.3) is 0 Å². The minimum absolute atomic E-state index is 0.247. The molecule has 2 aliphatic rings. The summed E-state index contributed by atoms with van der Waals surface area (Å²) in [6, 6.07) is 5.51. The molecule has 1 unspecified atom stereocenters. The normalized spacial score (nSPS) is 17.9. The summed E-state index contributed by atoms with van der Waals surface area (Å²) in [6.07, 6.45) is 6.78. The van der Waals surface area contributed by atoms with Crippen molar-refractivity contribution in [2.45, 2.75) is 45.6 Å². The highest BCUT2D eigenvalue weighted by Crippen LogP contribution is 2.46. The average Bonchev–Trinajstić information content (AvgIpc) is 3.41.